The van der Waals surface area contributed by atoms with Gasteiger partial charge in [0.15, 0.2) is 0 Å². The van der Waals surface area contributed by atoms with Gasteiger partial charge in [0.2, 0.25) is 0 Å². The molecule has 0 unspecified atom stereocenters. The van der Waals surface area contributed by atoms with E-state index in [2.05, 4.69) is 29.1 Å². The second-order valence-corrected chi connectivity index (χ2v) is 5.27. The van der Waals surface area contributed by atoms with Crippen molar-refractivity contribution in [3.8, 4) is 0 Å². The molecule has 0 bridgehead atoms. The summed E-state index contributed by atoms with van der Waals surface area (Å²) in [5.41, 5.74) is 6.89. The first-order chi connectivity index (χ1) is 8.58. The molecular formula is C13H22N4O. The number of methoxy groups -OCH3 is 1. The van der Waals surface area contributed by atoms with Crippen LogP contribution < -0.4 is 11.1 Å². The van der Waals surface area contributed by atoms with Crippen molar-refractivity contribution in [3.05, 3.63) is 11.9 Å². The first-order valence-electron chi connectivity index (χ1n) is 6.47. The van der Waals surface area contributed by atoms with Gasteiger partial charge in [-0.3, -0.25) is 0 Å². The normalized spacial score (nSPS) is 17.6. The molecule has 0 spiro atoms. The highest BCUT2D eigenvalue weighted by atomic mass is 16.5. The van der Waals surface area contributed by atoms with Crippen LogP contribution in [0.5, 0.6) is 0 Å². The standard InChI is InChI=1S/C13H22N4O/c1-9(2)10-11(14)16-8-17-12(10)15-7-13(18-3)5-4-6-13/h8-9H,4-7H2,1-3H3,(H3,14,15,16,17). The first-order valence-corrected chi connectivity index (χ1v) is 6.47. The van der Waals surface area contributed by atoms with Crippen LogP contribution in [0.4, 0.5) is 11.6 Å². The Kier molecular flexibility index (Phi) is 3.71. The molecule has 100 valence electrons. The third-order valence-electron chi connectivity index (χ3n) is 3.77. The van der Waals surface area contributed by atoms with Crippen LogP contribution in [-0.2, 0) is 4.74 Å². The number of rotatable bonds is 5. The number of ether oxygens (including phenoxy) is 1. The molecule has 0 aromatic carbocycles. The molecule has 1 saturated carbocycles. The van der Waals surface area contributed by atoms with Gasteiger partial charge >= 0.3 is 0 Å². The van der Waals surface area contributed by atoms with Gasteiger partial charge in [0.1, 0.15) is 18.0 Å². The minimum Gasteiger partial charge on any atom is -0.383 e. The third kappa shape index (κ3) is 2.41. The Balaban J connectivity index is 2.11. The average Bonchev–Trinajstić information content (AvgIpc) is 2.27. The van der Waals surface area contributed by atoms with Crippen LogP contribution >= 0.6 is 0 Å². The van der Waals surface area contributed by atoms with E-state index < -0.39 is 0 Å². The van der Waals surface area contributed by atoms with Crippen molar-refractivity contribution in [2.45, 2.75) is 44.6 Å². The highest BCUT2D eigenvalue weighted by molar-refractivity contribution is 5.56. The van der Waals surface area contributed by atoms with E-state index >= 15 is 0 Å². The van der Waals surface area contributed by atoms with Crippen LogP contribution in [0.3, 0.4) is 0 Å². The van der Waals surface area contributed by atoms with Crippen molar-refractivity contribution >= 4 is 11.6 Å². The molecule has 2 rings (SSSR count). The first kappa shape index (κ1) is 13.1. The number of anilines is 2. The van der Waals surface area contributed by atoms with Crippen molar-refractivity contribution in [2.24, 2.45) is 0 Å². The molecule has 0 amide bonds. The Morgan fingerprint density at radius 1 is 1.44 bits per heavy atom. The van der Waals surface area contributed by atoms with Gasteiger partial charge in [0.05, 0.1) is 5.60 Å². The van der Waals surface area contributed by atoms with Crippen molar-refractivity contribution < 1.29 is 4.74 Å². The Hall–Kier alpha value is -1.36. The minimum absolute atomic E-state index is 0.0199. The summed E-state index contributed by atoms with van der Waals surface area (Å²) in [7, 11) is 1.78. The van der Waals surface area contributed by atoms with E-state index in [-0.39, 0.29) is 5.60 Å². The van der Waals surface area contributed by atoms with Crippen LogP contribution in [0.1, 0.15) is 44.6 Å². The van der Waals surface area contributed by atoms with Crippen LogP contribution in [0.2, 0.25) is 0 Å². The number of nitrogen functional groups attached to an aromatic ring is 1. The topological polar surface area (TPSA) is 73.1 Å². The zero-order valence-electron chi connectivity index (χ0n) is 11.4. The Morgan fingerprint density at radius 2 is 2.17 bits per heavy atom. The van der Waals surface area contributed by atoms with Gasteiger partial charge in [0.25, 0.3) is 0 Å². The zero-order valence-corrected chi connectivity index (χ0v) is 11.4. The van der Waals surface area contributed by atoms with E-state index in [0.717, 1.165) is 30.8 Å². The molecule has 3 N–H and O–H groups in total. The molecule has 1 heterocycles. The molecule has 0 aliphatic heterocycles. The van der Waals surface area contributed by atoms with Gasteiger partial charge < -0.3 is 15.8 Å². The summed E-state index contributed by atoms with van der Waals surface area (Å²) >= 11 is 0. The number of nitrogens with two attached hydrogens (primary N) is 1. The van der Waals surface area contributed by atoms with Crippen molar-refractivity contribution in [3.63, 3.8) is 0 Å². The van der Waals surface area contributed by atoms with E-state index in [1.165, 1.54) is 12.7 Å². The number of nitrogens with one attached hydrogen (secondary N) is 1. The minimum atomic E-state index is -0.0199. The lowest BCUT2D eigenvalue weighted by Gasteiger charge is -2.40. The Bertz CT molecular complexity index is 410. The van der Waals surface area contributed by atoms with Gasteiger partial charge in [0, 0.05) is 19.2 Å². The maximum atomic E-state index is 5.92. The lowest BCUT2D eigenvalue weighted by Crippen LogP contribution is -2.45. The SMILES string of the molecule is COC1(CNc2ncnc(N)c2C(C)C)CCC1. The summed E-state index contributed by atoms with van der Waals surface area (Å²) in [4.78, 5) is 8.35. The molecule has 1 fully saturated rings. The molecule has 1 aromatic rings. The number of hydrogen-bond acceptors (Lipinski definition) is 5. The molecule has 18 heavy (non-hydrogen) atoms. The number of hydrogen-bond donors (Lipinski definition) is 2. The monoisotopic (exact) mass is 250 g/mol. The zero-order chi connectivity index (χ0) is 13.2. The Morgan fingerprint density at radius 3 is 2.67 bits per heavy atom. The van der Waals surface area contributed by atoms with Gasteiger partial charge in [-0.25, -0.2) is 9.97 Å². The highest BCUT2D eigenvalue weighted by Crippen LogP contribution is 2.35. The molecule has 0 radical (unpaired) electrons. The van der Waals surface area contributed by atoms with Gasteiger partial charge in [-0.05, 0) is 25.2 Å². The smallest absolute Gasteiger partial charge is 0.135 e. The van der Waals surface area contributed by atoms with E-state index in [1.807, 2.05) is 0 Å². The van der Waals surface area contributed by atoms with Crippen LogP contribution in [0.25, 0.3) is 0 Å². The molecule has 1 aliphatic rings. The van der Waals surface area contributed by atoms with E-state index in [4.69, 9.17) is 10.5 Å². The van der Waals surface area contributed by atoms with Gasteiger partial charge in [-0.1, -0.05) is 13.8 Å². The van der Waals surface area contributed by atoms with Gasteiger partial charge in [-0.15, -0.1) is 0 Å². The fourth-order valence-corrected chi connectivity index (χ4v) is 2.39. The molecule has 5 heteroatoms. The lowest BCUT2D eigenvalue weighted by atomic mass is 9.80. The molecular weight excluding hydrogens is 228 g/mol. The van der Waals surface area contributed by atoms with E-state index in [0.29, 0.717) is 11.7 Å². The van der Waals surface area contributed by atoms with Crippen LogP contribution in [0, 0.1) is 0 Å². The fourth-order valence-electron chi connectivity index (χ4n) is 2.39. The van der Waals surface area contributed by atoms with Crippen molar-refractivity contribution in [2.75, 3.05) is 24.7 Å². The lowest BCUT2D eigenvalue weighted by molar-refractivity contribution is -0.0601. The number of aromatic nitrogens is 2. The average molecular weight is 250 g/mol. The molecule has 0 atom stereocenters. The molecule has 1 aromatic heterocycles. The van der Waals surface area contributed by atoms with Crippen molar-refractivity contribution in [1.29, 1.82) is 0 Å². The largest absolute Gasteiger partial charge is 0.383 e. The van der Waals surface area contributed by atoms with E-state index in [1.54, 1.807) is 7.11 Å². The fraction of sp³-hybridized carbons (Fsp3) is 0.692. The maximum Gasteiger partial charge on any atom is 0.135 e. The van der Waals surface area contributed by atoms with Crippen molar-refractivity contribution in [1.82, 2.24) is 9.97 Å². The summed E-state index contributed by atoms with van der Waals surface area (Å²) < 4.78 is 5.59. The second-order valence-electron chi connectivity index (χ2n) is 5.27. The van der Waals surface area contributed by atoms with Crippen LogP contribution in [0.15, 0.2) is 6.33 Å². The summed E-state index contributed by atoms with van der Waals surface area (Å²) in [5.74, 6) is 1.69. The third-order valence-corrected chi connectivity index (χ3v) is 3.77. The summed E-state index contributed by atoms with van der Waals surface area (Å²) in [6.07, 6.45) is 4.95. The summed E-state index contributed by atoms with van der Waals surface area (Å²) in [6.45, 7) is 4.96. The summed E-state index contributed by atoms with van der Waals surface area (Å²) in [6, 6.07) is 0. The predicted octanol–water partition coefficient (Wildman–Crippen LogP) is 2.16. The quantitative estimate of drug-likeness (QED) is 0.837. The highest BCUT2D eigenvalue weighted by Gasteiger charge is 2.37. The van der Waals surface area contributed by atoms with Gasteiger partial charge in [-0.2, -0.15) is 0 Å². The molecule has 1 aliphatic carbocycles. The van der Waals surface area contributed by atoms with Crippen LogP contribution in [-0.4, -0.2) is 29.2 Å². The second kappa shape index (κ2) is 5.10. The Labute approximate surface area is 108 Å². The molecule has 5 nitrogen and oxygen atoms in total. The number of nitrogens with zero attached hydrogens (tertiary/aromatic N) is 2. The molecule has 0 saturated heterocycles. The predicted molar refractivity (Wildman–Crippen MR) is 72.6 cm³/mol. The van der Waals surface area contributed by atoms with E-state index in [9.17, 15) is 0 Å². The summed E-state index contributed by atoms with van der Waals surface area (Å²) in [5, 5.41) is 3.37. The maximum absolute atomic E-state index is 5.92.